The molecule has 55 heavy (non-hydrogen) atoms. The standard InChI is InChI=1S/C53H52N2/c1-3-5-7-13-27-53(28-14-8-6-4-2)51-33-43(54-35-37-19-23-47-41(29-37)31-39-15-9-11-17-45(39)47)21-25-49(51)50-26-22-44(34-52(50)53)55-36-38-20-24-48-42(30-38)32-40-16-10-12-18-46(40)48/h9-12,15-26,29-30,33-36H,3-8,13-14,27-28,31-32H2,1-2H3. The molecule has 0 atom stereocenters. The molecule has 0 unspecified atom stereocenters. The summed E-state index contributed by atoms with van der Waals surface area (Å²) in [6, 6.07) is 45.3. The summed E-state index contributed by atoms with van der Waals surface area (Å²) in [7, 11) is 0. The molecule has 6 aromatic carbocycles. The van der Waals surface area contributed by atoms with Gasteiger partial charge in [-0.05, 0) is 140 Å². The van der Waals surface area contributed by atoms with E-state index in [0.29, 0.717) is 0 Å². The quantitative estimate of drug-likeness (QED) is 0.0791. The summed E-state index contributed by atoms with van der Waals surface area (Å²) in [4.78, 5) is 10.3. The zero-order valence-corrected chi connectivity index (χ0v) is 32.6. The minimum Gasteiger partial charge on any atom is -0.256 e. The molecule has 3 aliphatic rings. The summed E-state index contributed by atoms with van der Waals surface area (Å²) in [5.41, 5.74) is 21.2. The highest BCUT2D eigenvalue weighted by molar-refractivity contribution is 5.89. The monoisotopic (exact) mass is 716 g/mol. The van der Waals surface area contributed by atoms with Crippen molar-refractivity contribution < 1.29 is 0 Å². The molecule has 0 bridgehead atoms. The number of hydrogen-bond donors (Lipinski definition) is 0. The Bertz CT molecular complexity index is 2260. The van der Waals surface area contributed by atoms with E-state index < -0.39 is 0 Å². The van der Waals surface area contributed by atoms with Crippen molar-refractivity contribution in [2.75, 3.05) is 0 Å². The Morgan fingerprint density at radius 1 is 0.436 bits per heavy atom. The molecule has 9 rings (SSSR count). The molecule has 274 valence electrons. The minimum atomic E-state index is -0.0398. The predicted molar refractivity (Wildman–Crippen MR) is 234 cm³/mol. The Balaban J connectivity index is 1.04. The maximum atomic E-state index is 5.15. The van der Waals surface area contributed by atoms with Crippen molar-refractivity contribution >= 4 is 23.8 Å². The zero-order chi connectivity index (χ0) is 37.2. The van der Waals surface area contributed by atoms with Crippen molar-refractivity contribution in [3.63, 3.8) is 0 Å². The van der Waals surface area contributed by atoms with Gasteiger partial charge in [0.15, 0.2) is 0 Å². The highest BCUT2D eigenvalue weighted by atomic mass is 14.7. The number of hydrogen-bond acceptors (Lipinski definition) is 2. The highest BCUT2D eigenvalue weighted by Crippen LogP contribution is 2.56. The van der Waals surface area contributed by atoms with Gasteiger partial charge in [0.2, 0.25) is 0 Å². The molecule has 2 nitrogen and oxygen atoms in total. The van der Waals surface area contributed by atoms with Crippen LogP contribution in [0.25, 0.3) is 33.4 Å². The fourth-order valence-electron chi connectivity index (χ4n) is 9.79. The lowest BCUT2D eigenvalue weighted by Gasteiger charge is -2.33. The molecule has 0 radical (unpaired) electrons. The molecule has 0 heterocycles. The normalized spacial score (nSPS) is 14.2. The first-order valence-electron chi connectivity index (χ1n) is 20.9. The summed E-state index contributed by atoms with van der Waals surface area (Å²) in [5.74, 6) is 0. The van der Waals surface area contributed by atoms with Gasteiger partial charge in [0.05, 0.1) is 11.4 Å². The van der Waals surface area contributed by atoms with Gasteiger partial charge < -0.3 is 0 Å². The van der Waals surface area contributed by atoms with Gasteiger partial charge in [0, 0.05) is 17.8 Å². The maximum Gasteiger partial charge on any atom is 0.0633 e. The lowest BCUT2D eigenvalue weighted by atomic mass is 9.70. The van der Waals surface area contributed by atoms with Gasteiger partial charge in [-0.1, -0.05) is 150 Å². The second kappa shape index (κ2) is 15.4. The summed E-state index contributed by atoms with van der Waals surface area (Å²) in [6.07, 6.45) is 18.6. The number of benzene rings is 6. The molecule has 0 N–H and O–H groups in total. The Morgan fingerprint density at radius 3 is 1.35 bits per heavy atom. The Kier molecular flexibility index (Phi) is 9.92. The molecular formula is C53H52N2. The van der Waals surface area contributed by atoms with Crippen LogP contribution < -0.4 is 0 Å². The summed E-state index contributed by atoms with van der Waals surface area (Å²) < 4.78 is 0. The largest absolute Gasteiger partial charge is 0.256 e. The highest BCUT2D eigenvalue weighted by Gasteiger charge is 2.42. The van der Waals surface area contributed by atoms with Crippen LogP contribution in [0.1, 0.15) is 123 Å². The van der Waals surface area contributed by atoms with Crippen LogP contribution in [0, 0.1) is 0 Å². The number of rotatable bonds is 14. The van der Waals surface area contributed by atoms with Crippen molar-refractivity contribution in [2.45, 2.75) is 96.3 Å². The second-order valence-corrected chi connectivity index (χ2v) is 16.2. The number of fused-ring (bicyclic) bond motifs is 9. The van der Waals surface area contributed by atoms with Crippen LogP contribution in [0.5, 0.6) is 0 Å². The van der Waals surface area contributed by atoms with E-state index in [1.54, 1.807) is 0 Å². The van der Waals surface area contributed by atoms with Gasteiger partial charge in [-0.2, -0.15) is 0 Å². The van der Waals surface area contributed by atoms with Gasteiger partial charge in [-0.25, -0.2) is 0 Å². The van der Waals surface area contributed by atoms with E-state index in [-0.39, 0.29) is 5.41 Å². The van der Waals surface area contributed by atoms with Gasteiger partial charge in [-0.3, -0.25) is 9.98 Å². The topological polar surface area (TPSA) is 24.7 Å². The van der Waals surface area contributed by atoms with Crippen molar-refractivity contribution in [1.29, 1.82) is 0 Å². The lowest BCUT2D eigenvalue weighted by molar-refractivity contribution is 0.401. The molecule has 6 aromatic rings. The molecule has 0 saturated carbocycles. The second-order valence-electron chi connectivity index (χ2n) is 16.2. The number of unbranched alkanes of at least 4 members (excludes halogenated alkanes) is 6. The summed E-state index contributed by atoms with van der Waals surface area (Å²) in [6.45, 7) is 4.63. The van der Waals surface area contributed by atoms with Crippen LogP contribution in [-0.2, 0) is 18.3 Å². The minimum absolute atomic E-state index is 0.0398. The van der Waals surface area contributed by atoms with E-state index in [0.717, 1.165) is 48.2 Å². The molecule has 0 fully saturated rings. The summed E-state index contributed by atoms with van der Waals surface area (Å²) >= 11 is 0. The Morgan fingerprint density at radius 2 is 0.873 bits per heavy atom. The maximum absolute atomic E-state index is 5.15. The van der Waals surface area contributed by atoms with Gasteiger partial charge in [0.1, 0.15) is 0 Å². The van der Waals surface area contributed by atoms with Crippen LogP contribution in [0.4, 0.5) is 11.4 Å². The molecule has 0 spiro atoms. The van der Waals surface area contributed by atoms with Crippen molar-refractivity contribution in [2.24, 2.45) is 9.98 Å². The fourth-order valence-corrected chi connectivity index (χ4v) is 9.79. The molecular weight excluding hydrogens is 665 g/mol. The third kappa shape index (κ3) is 6.82. The number of aliphatic imine (C=N–C) groups is 2. The van der Waals surface area contributed by atoms with E-state index >= 15 is 0 Å². The Labute approximate surface area is 328 Å². The average molecular weight is 717 g/mol. The predicted octanol–water partition coefficient (Wildman–Crippen LogP) is 14.5. The van der Waals surface area contributed by atoms with E-state index in [1.807, 2.05) is 0 Å². The van der Waals surface area contributed by atoms with Crippen LogP contribution in [-0.4, -0.2) is 12.4 Å². The molecule has 0 saturated heterocycles. The molecule has 0 amide bonds. The lowest BCUT2D eigenvalue weighted by Crippen LogP contribution is -2.25. The van der Waals surface area contributed by atoms with Crippen LogP contribution in [0.3, 0.4) is 0 Å². The third-order valence-corrected chi connectivity index (χ3v) is 12.6. The summed E-state index contributed by atoms with van der Waals surface area (Å²) in [5, 5.41) is 0. The van der Waals surface area contributed by atoms with Crippen LogP contribution in [0.15, 0.2) is 131 Å². The Hall–Kier alpha value is -5.34. The van der Waals surface area contributed by atoms with Crippen LogP contribution >= 0.6 is 0 Å². The van der Waals surface area contributed by atoms with Crippen molar-refractivity contribution in [3.8, 4) is 33.4 Å². The van der Waals surface area contributed by atoms with Gasteiger partial charge in [-0.15, -0.1) is 0 Å². The molecule has 0 aliphatic heterocycles. The zero-order valence-electron chi connectivity index (χ0n) is 32.6. The van der Waals surface area contributed by atoms with E-state index in [9.17, 15) is 0 Å². The first kappa shape index (κ1) is 35.4. The van der Waals surface area contributed by atoms with Gasteiger partial charge in [0.25, 0.3) is 0 Å². The fraction of sp³-hybridized carbons (Fsp3) is 0.283. The average Bonchev–Trinajstić information content (AvgIpc) is 3.87. The molecule has 3 aliphatic carbocycles. The first-order chi connectivity index (χ1) is 27.1. The first-order valence-corrected chi connectivity index (χ1v) is 20.9. The van der Waals surface area contributed by atoms with Crippen molar-refractivity contribution in [3.05, 3.63) is 166 Å². The van der Waals surface area contributed by atoms with E-state index in [1.165, 1.54) is 118 Å². The molecule has 0 aromatic heterocycles. The van der Waals surface area contributed by atoms with Crippen LogP contribution in [0.2, 0.25) is 0 Å². The number of nitrogens with zero attached hydrogens (tertiary/aromatic N) is 2. The van der Waals surface area contributed by atoms with E-state index in [4.69, 9.17) is 9.98 Å². The van der Waals surface area contributed by atoms with Gasteiger partial charge >= 0.3 is 0 Å². The smallest absolute Gasteiger partial charge is 0.0633 e. The van der Waals surface area contributed by atoms with Crippen molar-refractivity contribution in [1.82, 2.24) is 0 Å². The third-order valence-electron chi connectivity index (χ3n) is 12.6. The molecule has 2 heteroatoms. The van der Waals surface area contributed by atoms with E-state index in [2.05, 4.69) is 148 Å². The SMILES string of the molecule is CCCCCCC1(CCCCCC)c2cc(N=Cc3ccc4c(c3)Cc3ccccc3-4)ccc2-c2ccc(N=Cc3ccc4c(c3)Cc3ccccc3-4)cc21.